The van der Waals surface area contributed by atoms with E-state index in [-0.39, 0.29) is 6.03 Å². The maximum absolute atomic E-state index is 12.4. The van der Waals surface area contributed by atoms with Crippen LogP contribution in [-0.4, -0.2) is 36.2 Å². The summed E-state index contributed by atoms with van der Waals surface area (Å²) in [6, 6.07) is 14.5. The Hall–Kier alpha value is -3.61. The van der Waals surface area contributed by atoms with Gasteiger partial charge >= 0.3 is 6.03 Å². The van der Waals surface area contributed by atoms with Gasteiger partial charge in [0.2, 0.25) is 0 Å². The lowest BCUT2D eigenvalue weighted by molar-refractivity contribution is 0.262. The van der Waals surface area contributed by atoms with E-state index in [9.17, 15) is 4.79 Å². The van der Waals surface area contributed by atoms with E-state index in [4.69, 9.17) is 4.74 Å². The van der Waals surface area contributed by atoms with E-state index in [1.807, 2.05) is 24.3 Å². The number of hydrogen-bond acceptors (Lipinski definition) is 5. The van der Waals surface area contributed by atoms with Crippen LogP contribution in [0, 0.1) is 0 Å². The third kappa shape index (κ3) is 4.45. The van der Waals surface area contributed by atoms with Crippen LogP contribution in [0.25, 0.3) is 11.3 Å². The van der Waals surface area contributed by atoms with Gasteiger partial charge in [0.15, 0.2) is 5.82 Å². The molecule has 2 amide bonds. The summed E-state index contributed by atoms with van der Waals surface area (Å²) >= 11 is 0. The molecule has 148 valence electrons. The minimum atomic E-state index is -0.314. The van der Waals surface area contributed by atoms with Crippen molar-refractivity contribution in [1.82, 2.24) is 9.97 Å². The van der Waals surface area contributed by atoms with Crippen LogP contribution in [-0.2, 0) is 0 Å². The zero-order chi connectivity index (χ0) is 20.1. The van der Waals surface area contributed by atoms with Gasteiger partial charge in [0.25, 0.3) is 0 Å². The Kier molecular flexibility index (Phi) is 5.56. The van der Waals surface area contributed by atoms with Gasteiger partial charge in [-0.1, -0.05) is 12.1 Å². The number of methoxy groups -OCH3 is 1. The second-order valence-corrected chi connectivity index (χ2v) is 6.81. The van der Waals surface area contributed by atoms with Crippen molar-refractivity contribution >= 4 is 23.2 Å². The Bertz CT molecular complexity index is 985. The first-order chi connectivity index (χ1) is 14.2. The molecule has 7 heteroatoms. The second-order valence-electron chi connectivity index (χ2n) is 6.81. The predicted octanol–water partition coefficient (Wildman–Crippen LogP) is 4.40. The average Bonchev–Trinajstić information content (AvgIpc) is 3.29. The van der Waals surface area contributed by atoms with E-state index in [2.05, 4.69) is 25.5 Å². The number of urea groups is 1. The number of anilines is 3. The van der Waals surface area contributed by atoms with Crippen molar-refractivity contribution in [2.45, 2.75) is 12.8 Å². The minimum absolute atomic E-state index is 0.314. The molecule has 1 saturated heterocycles. The molecule has 4 rings (SSSR count). The average molecular weight is 389 g/mol. The number of nitrogens with one attached hydrogen (secondary N) is 2. The molecule has 1 aliphatic rings. The fourth-order valence-corrected chi connectivity index (χ4v) is 3.41. The summed E-state index contributed by atoms with van der Waals surface area (Å²) < 4.78 is 5.13. The lowest BCUT2D eigenvalue weighted by Gasteiger charge is -2.19. The molecule has 0 radical (unpaired) electrons. The van der Waals surface area contributed by atoms with Gasteiger partial charge in [0.05, 0.1) is 7.11 Å². The minimum Gasteiger partial charge on any atom is -0.497 e. The molecule has 2 N–H and O–H groups in total. The molecule has 0 unspecified atom stereocenters. The molecule has 7 nitrogen and oxygen atoms in total. The third-order valence-electron chi connectivity index (χ3n) is 4.83. The molecule has 2 heterocycles. The SMILES string of the molecule is COc1ccc(NC(=O)Nc2cccc(-c3nccnc3N3CCCC3)c2)cc1. The summed E-state index contributed by atoms with van der Waals surface area (Å²) in [7, 11) is 1.61. The van der Waals surface area contributed by atoms with Crippen molar-refractivity contribution in [3.05, 3.63) is 60.9 Å². The highest BCUT2D eigenvalue weighted by Crippen LogP contribution is 2.30. The smallest absolute Gasteiger partial charge is 0.323 e. The van der Waals surface area contributed by atoms with Crippen molar-refractivity contribution in [3.63, 3.8) is 0 Å². The summed E-state index contributed by atoms with van der Waals surface area (Å²) in [5.74, 6) is 1.63. The first kappa shape index (κ1) is 18.7. The fourth-order valence-electron chi connectivity index (χ4n) is 3.41. The molecule has 0 bridgehead atoms. The number of carbonyl (C=O) groups is 1. The zero-order valence-electron chi connectivity index (χ0n) is 16.3. The molecule has 3 aromatic rings. The van der Waals surface area contributed by atoms with Gasteiger partial charge in [0, 0.05) is 42.4 Å². The van der Waals surface area contributed by atoms with Crippen molar-refractivity contribution in [2.75, 3.05) is 35.7 Å². The lowest BCUT2D eigenvalue weighted by Crippen LogP contribution is -2.20. The fraction of sp³-hybridized carbons (Fsp3) is 0.227. The van der Waals surface area contributed by atoms with Crippen LogP contribution in [0.5, 0.6) is 5.75 Å². The van der Waals surface area contributed by atoms with Gasteiger partial charge < -0.3 is 20.3 Å². The number of carbonyl (C=O) groups excluding carboxylic acids is 1. The van der Waals surface area contributed by atoms with Crippen LogP contribution in [0.4, 0.5) is 22.0 Å². The van der Waals surface area contributed by atoms with Crippen LogP contribution < -0.4 is 20.3 Å². The van der Waals surface area contributed by atoms with E-state index in [1.54, 1.807) is 43.8 Å². The van der Waals surface area contributed by atoms with Crippen molar-refractivity contribution in [3.8, 4) is 17.0 Å². The van der Waals surface area contributed by atoms with Gasteiger partial charge in [-0.2, -0.15) is 0 Å². The topological polar surface area (TPSA) is 79.4 Å². The van der Waals surface area contributed by atoms with Crippen LogP contribution in [0.3, 0.4) is 0 Å². The standard InChI is InChI=1S/C22H23N5O2/c1-29-19-9-7-17(8-10-19)25-22(28)26-18-6-4-5-16(15-18)20-21(24-12-11-23-20)27-13-2-3-14-27/h4-12,15H,2-3,13-14H2,1H3,(H2,25,26,28). The molecule has 0 aliphatic carbocycles. The summed E-state index contributed by atoms with van der Waals surface area (Å²) in [6.45, 7) is 1.99. The molecule has 0 saturated carbocycles. The zero-order valence-corrected chi connectivity index (χ0v) is 16.3. The highest BCUT2D eigenvalue weighted by Gasteiger charge is 2.19. The molecule has 0 spiro atoms. The lowest BCUT2D eigenvalue weighted by atomic mass is 10.1. The number of nitrogens with zero attached hydrogens (tertiary/aromatic N) is 3. The molecular formula is C22H23N5O2. The molecule has 29 heavy (non-hydrogen) atoms. The monoisotopic (exact) mass is 389 g/mol. The van der Waals surface area contributed by atoms with Gasteiger partial charge in [-0.05, 0) is 49.2 Å². The van der Waals surface area contributed by atoms with Crippen molar-refractivity contribution in [2.24, 2.45) is 0 Å². The first-order valence-corrected chi connectivity index (χ1v) is 9.61. The Morgan fingerprint density at radius 3 is 2.45 bits per heavy atom. The highest BCUT2D eigenvalue weighted by molar-refractivity contribution is 6.00. The molecule has 2 aromatic carbocycles. The van der Waals surface area contributed by atoms with Crippen LogP contribution >= 0.6 is 0 Å². The predicted molar refractivity (Wildman–Crippen MR) is 115 cm³/mol. The summed E-state index contributed by atoms with van der Waals surface area (Å²) in [5.41, 5.74) is 3.12. The summed E-state index contributed by atoms with van der Waals surface area (Å²) in [5, 5.41) is 5.69. The van der Waals surface area contributed by atoms with E-state index < -0.39 is 0 Å². The number of benzene rings is 2. The van der Waals surface area contributed by atoms with E-state index >= 15 is 0 Å². The Morgan fingerprint density at radius 1 is 0.966 bits per heavy atom. The van der Waals surface area contributed by atoms with Crippen molar-refractivity contribution < 1.29 is 9.53 Å². The molecule has 1 aromatic heterocycles. The molecule has 1 fully saturated rings. The Labute approximate surface area is 169 Å². The molecule has 0 atom stereocenters. The molecular weight excluding hydrogens is 366 g/mol. The second kappa shape index (κ2) is 8.60. The van der Waals surface area contributed by atoms with Crippen LogP contribution in [0.2, 0.25) is 0 Å². The molecule has 1 aliphatic heterocycles. The van der Waals surface area contributed by atoms with E-state index in [0.717, 1.165) is 35.9 Å². The third-order valence-corrected chi connectivity index (χ3v) is 4.83. The van der Waals surface area contributed by atoms with Crippen molar-refractivity contribution in [1.29, 1.82) is 0 Å². The van der Waals surface area contributed by atoms with E-state index in [0.29, 0.717) is 11.4 Å². The van der Waals surface area contributed by atoms with Crippen LogP contribution in [0.1, 0.15) is 12.8 Å². The van der Waals surface area contributed by atoms with E-state index in [1.165, 1.54) is 12.8 Å². The normalized spacial score (nSPS) is 13.2. The Morgan fingerprint density at radius 2 is 1.69 bits per heavy atom. The van der Waals surface area contributed by atoms with Gasteiger partial charge in [0.1, 0.15) is 11.4 Å². The quantitative estimate of drug-likeness (QED) is 0.676. The highest BCUT2D eigenvalue weighted by atomic mass is 16.5. The summed E-state index contributed by atoms with van der Waals surface area (Å²) in [4.78, 5) is 23.7. The van der Waals surface area contributed by atoms with Gasteiger partial charge in [-0.25, -0.2) is 9.78 Å². The number of rotatable bonds is 5. The van der Waals surface area contributed by atoms with Crippen LogP contribution in [0.15, 0.2) is 60.9 Å². The largest absolute Gasteiger partial charge is 0.497 e. The number of hydrogen-bond donors (Lipinski definition) is 2. The maximum atomic E-state index is 12.4. The number of aromatic nitrogens is 2. The van der Waals surface area contributed by atoms with Gasteiger partial charge in [-0.3, -0.25) is 4.98 Å². The van der Waals surface area contributed by atoms with Gasteiger partial charge in [-0.15, -0.1) is 0 Å². The Balaban J connectivity index is 1.49. The first-order valence-electron chi connectivity index (χ1n) is 9.61. The number of ether oxygens (including phenoxy) is 1. The number of amides is 2. The maximum Gasteiger partial charge on any atom is 0.323 e. The summed E-state index contributed by atoms with van der Waals surface area (Å²) in [6.07, 6.45) is 5.76.